The number of hydrogen-bond acceptors (Lipinski definition) is 2. The summed E-state index contributed by atoms with van der Waals surface area (Å²) in [4.78, 5) is 2.47. The quantitative estimate of drug-likeness (QED) is 0.156. The van der Waals surface area contributed by atoms with Gasteiger partial charge in [0, 0.05) is 37.0 Å². The fraction of sp³-hybridized carbons (Fsp3) is 0.0714. The summed E-state index contributed by atoms with van der Waals surface area (Å²) in [5, 5.41) is 5.11. The van der Waals surface area contributed by atoms with Gasteiger partial charge in [-0.05, 0) is 85.5 Å². The molecule has 10 aromatic rings. The van der Waals surface area contributed by atoms with E-state index in [0.717, 1.165) is 17.1 Å². The molecule has 0 bridgehead atoms. The maximum absolute atomic E-state index is 2.47. The molecule has 9 aromatic carbocycles. The van der Waals surface area contributed by atoms with E-state index >= 15 is 0 Å². The number of para-hydroxylation sites is 2. The van der Waals surface area contributed by atoms with Crippen molar-refractivity contribution in [1.29, 1.82) is 0 Å². The van der Waals surface area contributed by atoms with Crippen molar-refractivity contribution in [3.05, 3.63) is 212 Å². The van der Waals surface area contributed by atoms with Crippen molar-refractivity contribution in [2.75, 3.05) is 4.90 Å². The fourth-order valence-corrected chi connectivity index (χ4v) is 9.79. The third-order valence-electron chi connectivity index (χ3n) is 11.5. The predicted octanol–water partition coefficient (Wildman–Crippen LogP) is 16.6. The van der Waals surface area contributed by atoms with Gasteiger partial charge in [-0.1, -0.05) is 197 Å². The summed E-state index contributed by atoms with van der Waals surface area (Å²) in [7, 11) is 0. The molecule has 0 amide bonds. The summed E-state index contributed by atoms with van der Waals surface area (Å²) in [6.07, 6.45) is 0. The molecule has 0 N–H and O–H groups in total. The zero-order valence-corrected chi connectivity index (χ0v) is 33.8. The highest BCUT2D eigenvalue weighted by molar-refractivity contribution is 7.26. The molecule has 2 heteroatoms. The van der Waals surface area contributed by atoms with Crippen LogP contribution in [0.2, 0.25) is 0 Å². The summed E-state index contributed by atoms with van der Waals surface area (Å²) in [6, 6.07) is 75.8. The monoisotopic (exact) mass is 761 g/mol. The van der Waals surface area contributed by atoms with Crippen LogP contribution in [0.5, 0.6) is 0 Å². The first-order chi connectivity index (χ1) is 28.4. The second-order valence-electron chi connectivity index (χ2n) is 16.1. The van der Waals surface area contributed by atoms with E-state index < -0.39 is 0 Å². The van der Waals surface area contributed by atoms with E-state index in [1.807, 2.05) is 11.3 Å². The maximum Gasteiger partial charge on any atom is 0.0540 e. The average Bonchev–Trinajstić information content (AvgIpc) is 3.66. The first kappa shape index (κ1) is 35.7. The Labute approximate surface area is 345 Å². The highest BCUT2D eigenvalue weighted by Crippen LogP contribution is 2.48. The van der Waals surface area contributed by atoms with Gasteiger partial charge in [-0.25, -0.2) is 0 Å². The fourth-order valence-electron chi connectivity index (χ4n) is 8.56. The van der Waals surface area contributed by atoms with Crippen molar-refractivity contribution in [3.63, 3.8) is 0 Å². The Bertz CT molecular complexity index is 3070. The molecule has 0 fully saturated rings. The Hall–Kier alpha value is -6.74. The summed E-state index contributed by atoms with van der Waals surface area (Å²) in [6.45, 7) is 6.82. The molecule has 1 nitrogen and oxygen atoms in total. The molecular formula is C56H43NS. The Morgan fingerprint density at radius 1 is 0.379 bits per heavy atom. The van der Waals surface area contributed by atoms with Crippen molar-refractivity contribution >= 4 is 59.3 Å². The smallest absolute Gasteiger partial charge is 0.0540 e. The van der Waals surface area contributed by atoms with Gasteiger partial charge in [-0.2, -0.15) is 0 Å². The Balaban J connectivity index is 1.18. The molecule has 1 aromatic heterocycles. The van der Waals surface area contributed by atoms with Crippen molar-refractivity contribution in [3.8, 4) is 44.5 Å². The standard InChI is InChI=1S/C56H43NS/c1-56(2,3)42-34-30-39(31-35-42)44-20-7-10-27-51(44)57(43-36-32-40(33-37-43)46-24-15-26-50-48-22-9-12-29-53(48)58-55(46)50)52-28-11-8-21-47(52)49-25-14-19-41-18-13-23-45(54(41)49)38-16-5-4-6-17-38/h4-37H,1-3H3. The molecule has 10 rings (SSSR count). The highest BCUT2D eigenvalue weighted by Gasteiger charge is 2.23. The van der Waals surface area contributed by atoms with Crippen molar-refractivity contribution in [1.82, 2.24) is 0 Å². The minimum Gasteiger partial charge on any atom is -0.309 e. The minimum atomic E-state index is 0.0714. The van der Waals surface area contributed by atoms with Crippen LogP contribution in [0.3, 0.4) is 0 Å². The molecule has 0 aliphatic heterocycles. The molecule has 0 atom stereocenters. The predicted molar refractivity (Wildman–Crippen MR) is 252 cm³/mol. The van der Waals surface area contributed by atoms with E-state index in [2.05, 4.69) is 232 Å². The van der Waals surface area contributed by atoms with E-state index in [9.17, 15) is 0 Å². The van der Waals surface area contributed by atoms with Gasteiger partial charge < -0.3 is 4.90 Å². The van der Waals surface area contributed by atoms with Crippen molar-refractivity contribution in [2.24, 2.45) is 0 Å². The van der Waals surface area contributed by atoms with Crippen LogP contribution < -0.4 is 4.90 Å². The summed E-state index contributed by atoms with van der Waals surface area (Å²) in [5.41, 5.74) is 14.4. The van der Waals surface area contributed by atoms with Crippen LogP contribution in [0.15, 0.2) is 206 Å². The Morgan fingerprint density at radius 3 is 1.64 bits per heavy atom. The minimum absolute atomic E-state index is 0.0714. The Kier molecular flexibility index (Phi) is 9.00. The van der Waals surface area contributed by atoms with Gasteiger partial charge in [0.2, 0.25) is 0 Å². The third kappa shape index (κ3) is 6.36. The van der Waals surface area contributed by atoms with Gasteiger partial charge in [0.25, 0.3) is 0 Å². The molecule has 0 saturated heterocycles. The molecule has 0 unspecified atom stereocenters. The van der Waals surface area contributed by atoms with Crippen LogP contribution in [-0.2, 0) is 5.41 Å². The van der Waals surface area contributed by atoms with Gasteiger partial charge in [-0.3, -0.25) is 0 Å². The van der Waals surface area contributed by atoms with Gasteiger partial charge in [-0.15, -0.1) is 11.3 Å². The van der Waals surface area contributed by atoms with Crippen molar-refractivity contribution < 1.29 is 0 Å². The Morgan fingerprint density at radius 2 is 0.897 bits per heavy atom. The lowest BCUT2D eigenvalue weighted by Gasteiger charge is -2.30. The second-order valence-corrected chi connectivity index (χ2v) is 17.2. The summed E-state index contributed by atoms with van der Waals surface area (Å²) < 4.78 is 2.65. The first-order valence-corrected chi connectivity index (χ1v) is 20.9. The SMILES string of the molecule is CC(C)(C)c1ccc(-c2ccccc2N(c2ccc(-c3cccc4c3sc3ccccc34)cc2)c2ccccc2-c2cccc3cccc(-c4ccccc4)c23)cc1. The molecule has 0 radical (unpaired) electrons. The van der Waals surface area contributed by atoms with E-state index in [1.54, 1.807) is 0 Å². The molecule has 0 aliphatic rings. The van der Waals surface area contributed by atoms with Crippen LogP contribution in [0.1, 0.15) is 26.3 Å². The molecule has 278 valence electrons. The lowest BCUT2D eigenvalue weighted by atomic mass is 9.86. The summed E-state index contributed by atoms with van der Waals surface area (Å²) in [5.74, 6) is 0. The normalized spacial score (nSPS) is 11.7. The average molecular weight is 762 g/mol. The molecule has 0 saturated carbocycles. The number of hydrogen-bond donors (Lipinski definition) is 0. The lowest BCUT2D eigenvalue weighted by molar-refractivity contribution is 0.590. The molecule has 1 heterocycles. The molecule has 0 spiro atoms. The van der Waals surface area contributed by atoms with Crippen LogP contribution in [-0.4, -0.2) is 0 Å². The molecule has 0 aliphatic carbocycles. The largest absolute Gasteiger partial charge is 0.309 e. The number of thiophene rings is 1. The van der Waals surface area contributed by atoms with Gasteiger partial charge in [0.05, 0.1) is 11.4 Å². The zero-order chi connectivity index (χ0) is 39.2. The number of nitrogens with zero attached hydrogens (tertiary/aromatic N) is 1. The van der Waals surface area contributed by atoms with E-state index in [0.29, 0.717) is 0 Å². The van der Waals surface area contributed by atoms with Crippen LogP contribution in [0.25, 0.3) is 75.5 Å². The van der Waals surface area contributed by atoms with E-state index in [4.69, 9.17) is 0 Å². The summed E-state index contributed by atoms with van der Waals surface area (Å²) >= 11 is 1.88. The maximum atomic E-state index is 2.47. The van der Waals surface area contributed by atoms with Crippen LogP contribution >= 0.6 is 11.3 Å². The number of benzene rings is 9. The number of anilines is 3. The van der Waals surface area contributed by atoms with Crippen LogP contribution in [0.4, 0.5) is 17.1 Å². The van der Waals surface area contributed by atoms with E-state index in [-0.39, 0.29) is 5.41 Å². The number of fused-ring (bicyclic) bond motifs is 4. The van der Waals surface area contributed by atoms with Crippen molar-refractivity contribution in [2.45, 2.75) is 26.2 Å². The van der Waals surface area contributed by atoms with Crippen LogP contribution in [0, 0.1) is 0 Å². The zero-order valence-electron chi connectivity index (χ0n) is 33.0. The van der Waals surface area contributed by atoms with Gasteiger partial charge >= 0.3 is 0 Å². The second kappa shape index (κ2) is 14.6. The highest BCUT2D eigenvalue weighted by atomic mass is 32.1. The topological polar surface area (TPSA) is 3.24 Å². The number of rotatable bonds is 7. The van der Waals surface area contributed by atoms with E-state index in [1.165, 1.54) is 81.0 Å². The molecular weight excluding hydrogens is 719 g/mol. The van der Waals surface area contributed by atoms with Gasteiger partial charge in [0.1, 0.15) is 0 Å². The third-order valence-corrected chi connectivity index (χ3v) is 12.7. The van der Waals surface area contributed by atoms with Gasteiger partial charge in [0.15, 0.2) is 0 Å². The lowest BCUT2D eigenvalue weighted by Crippen LogP contribution is -2.13. The molecule has 58 heavy (non-hydrogen) atoms. The first-order valence-electron chi connectivity index (χ1n) is 20.1.